The van der Waals surface area contributed by atoms with Gasteiger partial charge in [-0.05, 0) is 53.1 Å². The summed E-state index contributed by atoms with van der Waals surface area (Å²) in [5.41, 5.74) is 3.38. The van der Waals surface area contributed by atoms with Gasteiger partial charge in [-0.2, -0.15) is 0 Å². The SMILES string of the molecule is COc1ccc(C(=O)/C=C/c2cccc(CC(=O)/C=C/c3ccccc3)c2)cc1. The van der Waals surface area contributed by atoms with Crippen LogP contribution in [0, 0.1) is 0 Å². The minimum Gasteiger partial charge on any atom is -0.497 e. The summed E-state index contributed by atoms with van der Waals surface area (Å²) in [7, 11) is 1.59. The van der Waals surface area contributed by atoms with E-state index in [4.69, 9.17) is 4.74 Å². The van der Waals surface area contributed by atoms with Gasteiger partial charge in [0.25, 0.3) is 0 Å². The molecule has 29 heavy (non-hydrogen) atoms. The summed E-state index contributed by atoms with van der Waals surface area (Å²) < 4.78 is 5.10. The molecule has 0 aliphatic carbocycles. The Kier molecular flexibility index (Phi) is 6.90. The van der Waals surface area contributed by atoms with E-state index in [1.54, 1.807) is 43.5 Å². The Morgan fingerprint density at radius 2 is 1.48 bits per heavy atom. The number of carbonyl (C=O) groups excluding carboxylic acids is 2. The molecule has 0 heterocycles. The van der Waals surface area contributed by atoms with Gasteiger partial charge >= 0.3 is 0 Å². The summed E-state index contributed by atoms with van der Waals surface area (Å²) in [5.74, 6) is 0.661. The number of carbonyl (C=O) groups is 2. The van der Waals surface area contributed by atoms with Crippen molar-refractivity contribution in [2.45, 2.75) is 6.42 Å². The molecule has 0 saturated heterocycles. The average Bonchev–Trinajstić information content (AvgIpc) is 2.77. The molecule has 3 nitrogen and oxygen atoms in total. The zero-order valence-corrected chi connectivity index (χ0v) is 16.2. The van der Waals surface area contributed by atoms with Crippen molar-refractivity contribution >= 4 is 23.7 Å². The Hall–Kier alpha value is -3.72. The molecule has 0 bridgehead atoms. The van der Waals surface area contributed by atoms with Gasteiger partial charge < -0.3 is 4.74 Å². The first-order valence-corrected chi connectivity index (χ1v) is 9.35. The quantitative estimate of drug-likeness (QED) is 0.386. The molecule has 3 aromatic carbocycles. The summed E-state index contributed by atoms with van der Waals surface area (Å²) in [4.78, 5) is 24.5. The van der Waals surface area contributed by atoms with Crippen molar-refractivity contribution < 1.29 is 14.3 Å². The zero-order valence-electron chi connectivity index (χ0n) is 16.2. The third-order valence-corrected chi connectivity index (χ3v) is 4.39. The number of ketones is 2. The van der Waals surface area contributed by atoms with E-state index in [0.29, 0.717) is 17.7 Å². The molecule has 0 saturated carbocycles. The summed E-state index contributed by atoms with van der Waals surface area (Å²) in [6, 6.07) is 24.4. The zero-order chi connectivity index (χ0) is 20.5. The van der Waals surface area contributed by atoms with E-state index in [2.05, 4.69) is 0 Å². The van der Waals surface area contributed by atoms with Crippen molar-refractivity contribution in [3.63, 3.8) is 0 Å². The minimum absolute atomic E-state index is 0.0318. The molecule has 3 heteroatoms. The molecule has 0 aliphatic heterocycles. The van der Waals surface area contributed by atoms with Crippen molar-refractivity contribution in [3.8, 4) is 5.75 Å². The summed E-state index contributed by atoms with van der Waals surface area (Å²) in [5, 5.41) is 0. The summed E-state index contributed by atoms with van der Waals surface area (Å²) >= 11 is 0. The summed E-state index contributed by atoms with van der Waals surface area (Å²) in [6.07, 6.45) is 7.04. The van der Waals surface area contributed by atoms with Gasteiger partial charge in [-0.25, -0.2) is 0 Å². The second-order valence-corrected chi connectivity index (χ2v) is 6.56. The highest BCUT2D eigenvalue weighted by Crippen LogP contribution is 2.14. The smallest absolute Gasteiger partial charge is 0.185 e. The fraction of sp³-hybridized carbons (Fsp3) is 0.0769. The van der Waals surface area contributed by atoms with E-state index in [-0.39, 0.29) is 11.6 Å². The van der Waals surface area contributed by atoms with Crippen molar-refractivity contribution in [2.24, 2.45) is 0 Å². The van der Waals surface area contributed by atoms with Crippen LogP contribution in [0.5, 0.6) is 5.75 Å². The Bertz CT molecular complexity index is 1030. The van der Waals surface area contributed by atoms with Crippen LogP contribution in [0.2, 0.25) is 0 Å². The largest absolute Gasteiger partial charge is 0.497 e. The normalized spacial score (nSPS) is 11.1. The van der Waals surface area contributed by atoms with Gasteiger partial charge in [0, 0.05) is 12.0 Å². The minimum atomic E-state index is -0.0834. The number of benzene rings is 3. The standard InChI is InChI=1S/C26H22O3/c1-29-25-15-12-23(13-16-25)26(28)17-11-21-8-5-9-22(18-21)19-24(27)14-10-20-6-3-2-4-7-20/h2-18H,19H2,1H3/b14-10+,17-11+. The van der Waals surface area contributed by atoms with Gasteiger partial charge in [0.15, 0.2) is 11.6 Å². The number of allylic oxidation sites excluding steroid dienone is 2. The average molecular weight is 382 g/mol. The van der Waals surface area contributed by atoms with Crippen molar-refractivity contribution in [2.75, 3.05) is 7.11 Å². The van der Waals surface area contributed by atoms with Crippen LogP contribution in [-0.4, -0.2) is 18.7 Å². The van der Waals surface area contributed by atoms with Gasteiger partial charge in [0.1, 0.15) is 5.75 Å². The van der Waals surface area contributed by atoms with Crippen LogP contribution < -0.4 is 4.74 Å². The first-order valence-electron chi connectivity index (χ1n) is 9.35. The van der Waals surface area contributed by atoms with Crippen LogP contribution in [0.4, 0.5) is 0 Å². The number of hydrogen-bond acceptors (Lipinski definition) is 3. The first kappa shape index (κ1) is 20.0. The molecule has 144 valence electrons. The van der Waals surface area contributed by atoms with E-state index in [1.807, 2.05) is 60.7 Å². The molecule has 3 aromatic rings. The number of ether oxygens (including phenoxy) is 1. The Labute approximate surface area is 171 Å². The molecule has 0 atom stereocenters. The third-order valence-electron chi connectivity index (χ3n) is 4.39. The Balaban J connectivity index is 1.62. The number of hydrogen-bond donors (Lipinski definition) is 0. The van der Waals surface area contributed by atoms with E-state index >= 15 is 0 Å². The highest BCUT2D eigenvalue weighted by Gasteiger charge is 2.03. The second-order valence-electron chi connectivity index (χ2n) is 6.56. The van der Waals surface area contributed by atoms with Gasteiger partial charge in [-0.1, -0.05) is 66.7 Å². The maximum Gasteiger partial charge on any atom is 0.185 e. The molecular formula is C26H22O3. The molecule has 0 aromatic heterocycles. The Morgan fingerprint density at radius 3 is 2.21 bits per heavy atom. The molecule has 0 amide bonds. The van der Waals surface area contributed by atoms with E-state index < -0.39 is 0 Å². The molecule has 0 spiro atoms. The van der Waals surface area contributed by atoms with Crippen molar-refractivity contribution in [1.82, 2.24) is 0 Å². The van der Waals surface area contributed by atoms with Crippen molar-refractivity contribution in [1.29, 1.82) is 0 Å². The predicted molar refractivity (Wildman–Crippen MR) is 117 cm³/mol. The first-order chi connectivity index (χ1) is 14.1. The van der Waals surface area contributed by atoms with Crippen LogP contribution in [0.15, 0.2) is 91.0 Å². The van der Waals surface area contributed by atoms with E-state index in [9.17, 15) is 9.59 Å². The molecule has 0 fully saturated rings. The van der Waals surface area contributed by atoms with Gasteiger partial charge in [-0.3, -0.25) is 9.59 Å². The lowest BCUT2D eigenvalue weighted by molar-refractivity contribution is -0.113. The third kappa shape index (κ3) is 6.15. The van der Waals surface area contributed by atoms with Crippen molar-refractivity contribution in [3.05, 3.63) is 113 Å². The van der Waals surface area contributed by atoms with E-state index in [1.165, 1.54) is 6.08 Å². The molecular weight excluding hydrogens is 360 g/mol. The topological polar surface area (TPSA) is 43.4 Å². The van der Waals surface area contributed by atoms with Crippen LogP contribution in [0.25, 0.3) is 12.2 Å². The fourth-order valence-electron chi connectivity index (χ4n) is 2.84. The molecule has 0 unspecified atom stereocenters. The van der Waals surface area contributed by atoms with Gasteiger partial charge in [0.2, 0.25) is 0 Å². The molecule has 0 radical (unpaired) electrons. The maximum absolute atomic E-state index is 12.3. The number of methoxy groups -OCH3 is 1. The number of rotatable bonds is 8. The predicted octanol–water partition coefficient (Wildman–Crippen LogP) is 5.42. The lowest BCUT2D eigenvalue weighted by Gasteiger charge is -2.01. The fourth-order valence-corrected chi connectivity index (χ4v) is 2.84. The van der Waals surface area contributed by atoms with Gasteiger partial charge in [-0.15, -0.1) is 0 Å². The van der Waals surface area contributed by atoms with Crippen LogP contribution >= 0.6 is 0 Å². The highest BCUT2D eigenvalue weighted by molar-refractivity contribution is 6.06. The van der Waals surface area contributed by atoms with E-state index in [0.717, 1.165) is 16.7 Å². The summed E-state index contributed by atoms with van der Waals surface area (Å²) in [6.45, 7) is 0. The van der Waals surface area contributed by atoms with Crippen LogP contribution in [-0.2, 0) is 11.2 Å². The van der Waals surface area contributed by atoms with Crippen LogP contribution in [0.1, 0.15) is 27.0 Å². The van der Waals surface area contributed by atoms with Gasteiger partial charge in [0.05, 0.1) is 7.11 Å². The van der Waals surface area contributed by atoms with Crippen LogP contribution in [0.3, 0.4) is 0 Å². The highest BCUT2D eigenvalue weighted by atomic mass is 16.5. The molecule has 3 rings (SSSR count). The monoisotopic (exact) mass is 382 g/mol. The lowest BCUT2D eigenvalue weighted by Crippen LogP contribution is -1.98. The Morgan fingerprint density at radius 1 is 0.793 bits per heavy atom. The second kappa shape index (κ2) is 10.00. The molecule has 0 N–H and O–H groups in total. The lowest BCUT2D eigenvalue weighted by atomic mass is 10.0. The molecule has 0 aliphatic rings. The maximum atomic E-state index is 12.3.